The summed E-state index contributed by atoms with van der Waals surface area (Å²) in [6.45, 7) is 11.5. The van der Waals surface area contributed by atoms with Crippen molar-refractivity contribution in [3.63, 3.8) is 0 Å². The molecule has 2 aliphatic rings. The van der Waals surface area contributed by atoms with Gasteiger partial charge in [0.05, 0.1) is 25.0 Å². The first-order valence-electron chi connectivity index (χ1n) is 11.3. The van der Waals surface area contributed by atoms with E-state index in [0.717, 1.165) is 44.0 Å². The van der Waals surface area contributed by atoms with Gasteiger partial charge in [-0.15, -0.1) is 0 Å². The predicted octanol–water partition coefficient (Wildman–Crippen LogP) is 3.27. The van der Waals surface area contributed by atoms with Crippen LogP contribution in [0.3, 0.4) is 0 Å². The molecule has 0 aromatic heterocycles. The summed E-state index contributed by atoms with van der Waals surface area (Å²) in [5.41, 5.74) is 3.14. The molecule has 0 saturated carbocycles. The fourth-order valence-corrected chi connectivity index (χ4v) is 4.23. The number of morpholine rings is 1. The van der Waals surface area contributed by atoms with E-state index >= 15 is 0 Å². The van der Waals surface area contributed by atoms with Crippen molar-refractivity contribution in [1.82, 2.24) is 9.80 Å². The van der Waals surface area contributed by atoms with Crippen LogP contribution in [-0.2, 0) is 11.3 Å². The third kappa shape index (κ3) is 5.57. The molecular formula is C25H33N3O3. The van der Waals surface area contributed by atoms with E-state index in [1.165, 1.54) is 11.3 Å². The zero-order valence-electron chi connectivity index (χ0n) is 18.6. The molecule has 0 N–H and O–H groups in total. The van der Waals surface area contributed by atoms with Gasteiger partial charge in [0.15, 0.2) is 0 Å². The minimum atomic E-state index is 0.108. The van der Waals surface area contributed by atoms with Gasteiger partial charge >= 0.3 is 0 Å². The summed E-state index contributed by atoms with van der Waals surface area (Å²) >= 11 is 0. The average molecular weight is 424 g/mol. The summed E-state index contributed by atoms with van der Waals surface area (Å²) < 4.78 is 11.4. The van der Waals surface area contributed by atoms with Crippen LogP contribution >= 0.6 is 0 Å². The second kappa shape index (κ2) is 10.2. The Morgan fingerprint density at radius 2 is 1.71 bits per heavy atom. The van der Waals surface area contributed by atoms with Crippen LogP contribution in [0.5, 0.6) is 5.75 Å². The van der Waals surface area contributed by atoms with Gasteiger partial charge in [-0.05, 0) is 43.7 Å². The number of carbonyl (C=O) groups is 1. The minimum Gasteiger partial charge on any atom is -0.489 e. The van der Waals surface area contributed by atoms with E-state index < -0.39 is 0 Å². The molecule has 0 unspecified atom stereocenters. The van der Waals surface area contributed by atoms with Crippen LogP contribution in [0.1, 0.15) is 29.8 Å². The number of anilines is 1. The van der Waals surface area contributed by atoms with Crippen molar-refractivity contribution in [2.24, 2.45) is 0 Å². The van der Waals surface area contributed by atoms with E-state index in [0.29, 0.717) is 26.3 Å². The number of nitrogens with zero attached hydrogens (tertiary/aromatic N) is 3. The number of para-hydroxylation sites is 2. The molecule has 1 amide bonds. The van der Waals surface area contributed by atoms with Crippen LogP contribution in [0.2, 0.25) is 0 Å². The number of amides is 1. The van der Waals surface area contributed by atoms with Crippen LogP contribution in [0.25, 0.3) is 0 Å². The van der Waals surface area contributed by atoms with Gasteiger partial charge in [0.2, 0.25) is 0 Å². The standard InChI is InChI=1S/C25H33N3O3/c1-20(2)31-24-9-4-3-8-23(24)27-12-10-26(11-13-27)19-21-6-5-7-22(18-21)25(29)28-14-16-30-17-15-28/h3-9,18,20H,10-17,19H2,1-2H3. The Labute approximate surface area is 185 Å². The lowest BCUT2D eigenvalue weighted by Crippen LogP contribution is -2.46. The molecule has 2 aliphatic heterocycles. The number of hydrogen-bond donors (Lipinski definition) is 0. The van der Waals surface area contributed by atoms with E-state index in [1.807, 2.05) is 23.1 Å². The van der Waals surface area contributed by atoms with E-state index in [2.05, 4.69) is 54.0 Å². The van der Waals surface area contributed by atoms with Gasteiger partial charge in [-0.3, -0.25) is 9.69 Å². The molecule has 2 saturated heterocycles. The highest BCUT2D eigenvalue weighted by molar-refractivity contribution is 5.94. The van der Waals surface area contributed by atoms with E-state index in [9.17, 15) is 4.79 Å². The van der Waals surface area contributed by atoms with Crippen molar-refractivity contribution in [3.8, 4) is 5.75 Å². The summed E-state index contributed by atoms with van der Waals surface area (Å²) in [7, 11) is 0. The van der Waals surface area contributed by atoms with Crippen LogP contribution in [-0.4, -0.2) is 74.3 Å². The summed E-state index contributed by atoms with van der Waals surface area (Å²) in [5.74, 6) is 1.07. The lowest BCUT2D eigenvalue weighted by atomic mass is 10.1. The Balaban J connectivity index is 1.35. The first-order valence-corrected chi connectivity index (χ1v) is 11.3. The normalized spacial score (nSPS) is 17.8. The molecule has 0 atom stereocenters. The Morgan fingerprint density at radius 1 is 0.968 bits per heavy atom. The van der Waals surface area contributed by atoms with Crippen LogP contribution in [0.15, 0.2) is 48.5 Å². The van der Waals surface area contributed by atoms with E-state index in [-0.39, 0.29) is 12.0 Å². The average Bonchev–Trinajstić information content (AvgIpc) is 2.80. The molecule has 0 aliphatic carbocycles. The maximum atomic E-state index is 12.8. The van der Waals surface area contributed by atoms with Crippen molar-refractivity contribution in [1.29, 1.82) is 0 Å². The number of benzene rings is 2. The molecule has 0 spiro atoms. The highest BCUT2D eigenvalue weighted by Gasteiger charge is 2.22. The van der Waals surface area contributed by atoms with Crippen LogP contribution < -0.4 is 9.64 Å². The number of hydrogen-bond acceptors (Lipinski definition) is 5. The predicted molar refractivity (Wildman–Crippen MR) is 123 cm³/mol. The van der Waals surface area contributed by atoms with Crippen LogP contribution in [0, 0.1) is 0 Å². The molecule has 6 nitrogen and oxygen atoms in total. The van der Waals surface area contributed by atoms with E-state index in [1.54, 1.807) is 0 Å². The Bertz CT molecular complexity index is 872. The lowest BCUT2D eigenvalue weighted by molar-refractivity contribution is 0.0303. The number of carbonyl (C=O) groups excluding carboxylic acids is 1. The van der Waals surface area contributed by atoms with Gasteiger partial charge in [0.1, 0.15) is 5.75 Å². The lowest BCUT2D eigenvalue weighted by Gasteiger charge is -2.37. The third-order valence-corrected chi connectivity index (χ3v) is 5.82. The van der Waals surface area contributed by atoms with Gasteiger partial charge in [0.25, 0.3) is 5.91 Å². The largest absolute Gasteiger partial charge is 0.489 e. The smallest absolute Gasteiger partial charge is 0.254 e. The summed E-state index contributed by atoms with van der Waals surface area (Å²) in [6.07, 6.45) is 0.162. The van der Waals surface area contributed by atoms with Gasteiger partial charge in [-0.25, -0.2) is 0 Å². The molecular weight excluding hydrogens is 390 g/mol. The van der Waals surface area contributed by atoms with E-state index in [4.69, 9.17) is 9.47 Å². The maximum Gasteiger partial charge on any atom is 0.254 e. The highest BCUT2D eigenvalue weighted by Crippen LogP contribution is 2.29. The molecule has 2 heterocycles. The maximum absolute atomic E-state index is 12.8. The summed E-state index contributed by atoms with van der Waals surface area (Å²) in [6, 6.07) is 16.4. The number of piperazine rings is 1. The van der Waals surface area contributed by atoms with Crippen molar-refractivity contribution in [2.75, 3.05) is 57.4 Å². The molecule has 2 fully saturated rings. The van der Waals surface area contributed by atoms with Gasteiger partial charge in [0, 0.05) is 51.4 Å². The molecule has 166 valence electrons. The van der Waals surface area contributed by atoms with Crippen molar-refractivity contribution in [2.45, 2.75) is 26.5 Å². The van der Waals surface area contributed by atoms with Crippen LogP contribution in [0.4, 0.5) is 5.69 Å². The molecule has 31 heavy (non-hydrogen) atoms. The number of rotatable bonds is 6. The topological polar surface area (TPSA) is 45.2 Å². The third-order valence-electron chi connectivity index (χ3n) is 5.82. The van der Waals surface area contributed by atoms with Crippen molar-refractivity contribution < 1.29 is 14.3 Å². The molecule has 0 radical (unpaired) electrons. The Kier molecular flexibility index (Phi) is 7.10. The van der Waals surface area contributed by atoms with Gasteiger partial charge < -0.3 is 19.3 Å². The SMILES string of the molecule is CC(C)Oc1ccccc1N1CCN(Cc2cccc(C(=O)N3CCOCC3)c2)CC1. The molecule has 4 rings (SSSR count). The zero-order valence-corrected chi connectivity index (χ0v) is 18.6. The van der Waals surface area contributed by atoms with Crippen molar-refractivity contribution in [3.05, 3.63) is 59.7 Å². The second-order valence-corrected chi connectivity index (χ2v) is 8.50. The summed E-state index contributed by atoms with van der Waals surface area (Å²) in [4.78, 5) is 19.5. The zero-order chi connectivity index (χ0) is 21.6. The first-order chi connectivity index (χ1) is 15.1. The quantitative estimate of drug-likeness (QED) is 0.714. The fourth-order valence-electron chi connectivity index (χ4n) is 4.23. The molecule has 2 aromatic rings. The molecule has 2 aromatic carbocycles. The number of ether oxygens (including phenoxy) is 2. The molecule has 0 bridgehead atoms. The minimum absolute atomic E-state index is 0.108. The Hall–Kier alpha value is -2.57. The molecule has 6 heteroatoms. The Morgan fingerprint density at radius 3 is 2.45 bits per heavy atom. The van der Waals surface area contributed by atoms with Gasteiger partial charge in [-0.2, -0.15) is 0 Å². The fraction of sp³-hybridized carbons (Fsp3) is 0.480. The second-order valence-electron chi connectivity index (χ2n) is 8.50. The van der Waals surface area contributed by atoms with Gasteiger partial charge in [-0.1, -0.05) is 24.3 Å². The summed E-state index contributed by atoms with van der Waals surface area (Å²) in [5, 5.41) is 0. The monoisotopic (exact) mass is 423 g/mol. The van der Waals surface area contributed by atoms with Crippen molar-refractivity contribution >= 4 is 11.6 Å². The first kappa shape index (κ1) is 21.7. The highest BCUT2D eigenvalue weighted by atomic mass is 16.5.